The van der Waals surface area contributed by atoms with Gasteiger partial charge in [-0.05, 0) is 18.0 Å². The fraction of sp³-hybridized carbons (Fsp3) is 0.706. The van der Waals surface area contributed by atoms with E-state index in [-0.39, 0.29) is 22.3 Å². The highest BCUT2D eigenvalue weighted by molar-refractivity contribution is 7.54. The Morgan fingerprint density at radius 3 is 2.62 bits per heavy atom. The Morgan fingerprint density at radius 2 is 2.06 bits per heavy atom. The lowest BCUT2D eigenvalue weighted by Crippen LogP contribution is -2.35. The summed E-state index contributed by atoms with van der Waals surface area (Å²) in [6.07, 6.45) is -3.19. The summed E-state index contributed by atoms with van der Waals surface area (Å²) in [5, 5.41) is 21.5. The van der Waals surface area contributed by atoms with Crippen molar-refractivity contribution >= 4 is 59.5 Å². The van der Waals surface area contributed by atoms with Gasteiger partial charge in [0.1, 0.15) is 17.7 Å². The number of nitrogen functional groups attached to an aromatic ring is 1. The first-order chi connectivity index (χ1) is 16.3. The first kappa shape index (κ1) is 27.7. The van der Waals surface area contributed by atoms with Crippen molar-refractivity contribution in [3.63, 3.8) is 0 Å². The predicted octanol–water partition coefficient (Wildman–Crippen LogP) is 1.53. The van der Waals surface area contributed by atoms with Crippen molar-refractivity contribution in [3.8, 4) is 0 Å². The summed E-state index contributed by atoms with van der Waals surface area (Å²) in [6, 6.07) is 0. The van der Waals surface area contributed by atoms with Gasteiger partial charge in [-0.2, -0.15) is 9.97 Å². The average Bonchev–Trinajstić information content (AvgIpc) is 3.35. The molecule has 1 unspecified atom stereocenters. The molecule has 2 aliphatic heterocycles. The van der Waals surface area contributed by atoms with Crippen molar-refractivity contribution in [2.45, 2.75) is 31.0 Å². The molecule has 192 valence electrons. The van der Waals surface area contributed by atoms with E-state index in [0.717, 1.165) is 13.0 Å². The molecule has 4 heterocycles. The van der Waals surface area contributed by atoms with Gasteiger partial charge in [-0.1, -0.05) is 0 Å². The van der Waals surface area contributed by atoms with E-state index in [1.165, 1.54) is 10.9 Å². The third kappa shape index (κ3) is 6.09. The summed E-state index contributed by atoms with van der Waals surface area (Å²) in [5.41, 5.74) is 6.10. The van der Waals surface area contributed by atoms with Crippen LogP contribution < -0.4 is 10.8 Å². The van der Waals surface area contributed by atoms with Gasteiger partial charge in [0.05, 0.1) is 19.5 Å². The normalized spacial score (nSPS) is 29.4. The number of aliphatic hydroxyl groups excluding tert-OH is 2. The molecule has 2 aromatic heterocycles. The van der Waals surface area contributed by atoms with Crippen LogP contribution in [0.25, 0.3) is 11.2 Å². The van der Waals surface area contributed by atoms with Crippen molar-refractivity contribution in [2.24, 2.45) is 0 Å². The number of hydrogen-bond donors (Lipinski definition) is 4. The van der Waals surface area contributed by atoms with Crippen LogP contribution in [0.2, 0.25) is 5.28 Å². The summed E-state index contributed by atoms with van der Waals surface area (Å²) in [4.78, 5) is 11.7. The van der Waals surface area contributed by atoms with E-state index in [1.54, 1.807) is 4.67 Å². The molecule has 0 bridgehead atoms. The Kier molecular flexibility index (Phi) is 10.1. The maximum Gasteiger partial charge on any atom is 0.343 e. The van der Waals surface area contributed by atoms with E-state index in [0.29, 0.717) is 31.5 Å². The second-order valence-corrected chi connectivity index (χ2v) is 10.6. The highest BCUT2D eigenvalue weighted by atomic mass is 35.5. The van der Waals surface area contributed by atoms with Gasteiger partial charge in [0.2, 0.25) is 5.28 Å². The molecular formula is C17H26Cl3FN7O5P. The SMILES string of the molecule is Nc1nc(Cl)nc2c1ncn2[C@@H]1O[C@H](CO)[C@@H](O)[C@@H]1F.O=P1(N(CCCl)CCCl)NCCCO1. The number of aromatic nitrogens is 4. The number of nitrogens with zero attached hydrogens (tertiary/aromatic N) is 5. The molecule has 34 heavy (non-hydrogen) atoms. The highest BCUT2D eigenvalue weighted by Crippen LogP contribution is 2.48. The predicted molar refractivity (Wildman–Crippen MR) is 126 cm³/mol. The smallest absolute Gasteiger partial charge is 0.343 e. The molecule has 0 aliphatic carbocycles. The maximum absolute atomic E-state index is 14.1. The summed E-state index contributed by atoms with van der Waals surface area (Å²) in [5.74, 6) is 0.907. The van der Waals surface area contributed by atoms with Gasteiger partial charge in [-0.15, -0.1) is 23.2 Å². The molecule has 2 fully saturated rings. The minimum absolute atomic E-state index is 0.0615. The van der Waals surface area contributed by atoms with E-state index in [2.05, 4.69) is 20.0 Å². The molecule has 0 spiro atoms. The standard InChI is InChI=1S/C10H11ClFN5O3.C7H15Cl2N2O2P/c11-10-15-7(13)5-8(16-10)17(2-14-5)9-4(12)6(19)3(1-18)20-9;8-2-5-11(6-3-9)14(12)10-4-1-7-13-14/h2-4,6,9,18-19H,1H2,(H2,13,15,16);1-7H2,(H,10,12)/t3-,4+,6-,9-;/m1./s1. The fourth-order valence-corrected chi connectivity index (χ4v) is 6.27. The zero-order valence-corrected chi connectivity index (χ0v) is 21.1. The second kappa shape index (κ2) is 12.4. The number of rotatable bonds is 7. The van der Waals surface area contributed by atoms with Gasteiger partial charge in [0.25, 0.3) is 0 Å². The van der Waals surface area contributed by atoms with Crippen LogP contribution in [0.3, 0.4) is 0 Å². The zero-order valence-electron chi connectivity index (χ0n) is 17.9. The largest absolute Gasteiger partial charge is 0.394 e. The van der Waals surface area contributed by atoms with E-state index in [4.69, 9.17) is 54.9 Å². The fourth-order valence-electron chi connectivity index (χ4n) is 3.45. The Balaban J connectivity index is 0.000000204. The summed E-state index contributed by atoms with van der Waals surface area (Å²) in [6.45, 7) is 1.81. The molecule has 0 radical (unpaired) electrons. The van der Waals surface area contributed by atoms with Crippen molar-refractivity contribution in [1.82, 2.24) is 29.3 Å². The number of hydrogen-bond acceptors (Lipinski definition) is 9. The van der Waals surface area contributed by atoms with Crippen LogP contribution in [-0.4, -0.2) is 97.4 Å². The van der Waals surface area contributed by atoms with Crippen LogP contribution in [0.15, 0.2) is 6.33 Å². The highest BCUT2D eigenvalue weighted by Gasteiger charge is 2.45. The summed E-state index contributed by atoms with van der Waals surface area (Å²) < 4.78 is 39.8. The van der Waals surface area contributed by atoms with E-state index in [9.17, 15) is 14.1 Å². The molecule has 5 atom stereocenters. The Labute approximate surface area is 210 Å². The quantitative estimate of drug-likeness (QED) is 0.219. The number of anilines is 1. The van der Waals surface area contributed by atoms with Crippen LogP contribution in [0.4, 0.5) is 10.2 Å². The van der Waals surface area contributed by atoms with Crippen molar-refractivity contribution < 1.29 is 28.4 Å². The van der Waals surface area contributed by atoms with Crippen LogP contribution in [0, 0.1) is 0 Å². The van der Waals surface area contributed by atoms with Crippen molar-refractivity contribution in [1.29, 1.82) is 0 Å². The monoisotopic (exact) mass is 563 g/mol. The van der Waals surface area contributed by atoms with Crippen LogP contribution >= 0.6 is 42.5 Å². The van der Waals surface area contributed by atoms with Crippen LogP contribution in [0.1, 0.15) is 12.6 Å². The third-order valence-electron chi connectivity index (χ3n) is 5.13. The third-order valence-corrected chi connectivity index (χ3v) is 7.93. The number of fused-ring (bicyclic) bond motifs is 1. The lowest BCUT2D eigenvalue weighted by Gasteiger charge is -2.33. The summed E-state index contributed by atoms with van der Waals surface area (Å²) in [7, 11) is -2.84. The number of ether oxygens (including phenoxy) is 1. The molecule has 4 rings (SSSR count). The van der Waals surface area contributed by atoms with Crippen LogP contribution in [0.5, 0.6) is 0 Å². The second-order valence-electron chi connectivity index (χ2n) is 7.33. The van der Waals surface area contributed by atoms with Gasteiger partial charge in [-0.25, -0.2) is 19.1 Å². The molecule has 2 aromatic rings. The number of alkyl halides is 3. The summed E-state index contributed by atoms with van der Waals surface area (Å²) >= 11 is 17.0. The number of aliphatic hydroxyl groups is 2. The number of nitrogens with two attached hydrogens (primary N) is 1. The Bertz CT molecular complexity index is 992. The molecule has 0 aromatic carbocycles. The lowest BCUT2D eigenvalue weighted by molar-refractivity contribution is -0.0459. The molecule has 0 amide bonds. The van der Waals surface area contributed by atoms with Crippen LogP contribution in [-0.2, 0) is 13.8 Å². The molecule has 5 N–H and O–H groups in total. The van der Waals surface area contributed by atoms with E-state index < -0.39 is 38.9 Å². The Hall–Kier alpha value is -0.860. The number of halogens is 4. The molecule has 17 heteroatoms. The molecular weight excluding hydrogens is 539 g/mol. The van der Waals surface area contributed by atoms with Gasteiger partial charge >= 0.3 is 7.67 Å². The number of nitrogens with one attached hydrogen (secondary N) is 1. The van der Waals surface area contributed by atoms with Gasteiger partial charge < -0.3 is 25.2 Å². The zero-order chi connectivity index (χ0) is 24.9. The minimum atomic E-state index is -2.84. The minimum Gasteiger partial charge on any atom is -0.394 e. The molecule has 2 aliphatic rings. The van der Waals surface area contributed by atoms with Gasteiger partial charge in [0, 0.05) is 31.4 Å². The van der Waals surface area contributed by atoms with E-state index in [1.807, 2.05) is 0 Å². The van der Waals surface area contributed by atoms with Crippen molar-refractivity contribution in [3.05, 3.63) is 11.6 Å². The van der Waals surface area contributed by atoms with Gasteiger partial charge in [0.15, 0.2) is 23.9 Å². The molecule has 12 nitrogen and oxygen atoms in total. The first-order valence-corrected chi connectivity index (χ1v) is 13.4. The number of imidazole rings is 1. The lowest BCUT2D eigenvalue weighted by atomic mass is 10.1. The molecule has 2 saturated heterocycles. The molecule has 0 saturated carbocycles. The van der Waals surface area contributed by atoms with E-state index >= 15 is 0 Å². The first-order valence-electron chi connectivity index (χ1n) is 10.4. The van der Waals surface area contributed by atoms with Crippen molar-refractivity contribution in [2.75, 3.05) is 50.3 Å². The Morgan fingerprint density at radius 1 is 1.35 bits per heavy atom. The van der Waals surface area contributed by atoms with Gasteiger partial charge in [-0.3, -0.25) is 9.13 Å². The topological polar surface area (TPSA) is 161 Å². The average molecular weight is 565 g/mol. The maximum atomic E-state index is 14.1.